The first-order chi connectivity index (χ1) is 12.5. The average Bonchev–Trinajstić information content (AvgIpc) is 2.65. The molecule has 0 aliphatic carbocycles. The molecule has 136 valence electrons. The summed E-state index contributed by atoms with van der Waals surface area (Å²) in [6.45, 7) is 0.0789. The molecule has 2 aromatic carbocycles. The summed E-state index contributed by atoms with van der Waals surface area (Å²) in [6.07, 6.45) is -0.702. The molecule has 0 aliphatic heterocycles. The topological polar surface area (TPSA) is 111 Å². The second-order valence-corrected chi connectivity index (χ2v) is 5.62. The minimum atomic E-state index is -0.939. The molecule has 2 aromatic rings. The number of para-hydroxylation sites is 1. The van der Waals surface area contributed by atoms with Gasteiger partial charge in [-0.15, -0.1) is 0 Å². The number of alkyl carbamates (subject to hydrolysis) is 1. The Labute approximate surface area is 151 Å². The van der Waals surface area contributed by atoms with E-state index in [0.29, 0.717) is 5.69 Å². The summed E-state index contributed by atoms with van der Waals surface area (Å²) in [5, 5.41) is 5.17. The zero-order valence-electron chi connectivity index (χ0n) is 14.2. The number of benzene rings is 2. The highest BCUT2D eigenvalue weighted by Crippen LogP contribution is 2.08. The predicted octanol–water partition coefficient (Wildman–Crippen LogP) is 2.19. The van der Waals surface area contributed by atoms with Crippen LogP contribution in [0.5, 0.6) is 0 Å². The molecule has 3 amide bonds. The highest BCUT2D eigenvalue weighted by molar-refractivity contribution is 5.96. The third kappa shape index (κ3) is 6.64. The molecule has 4 N–H and O–H groups in total. The fourth-order valence-corrected chi connectivity index (χ4v) is 2.21. The van der Waals surface area contributed by atoms with Crippen LogP contribution in [0.15, 0.2) is 60.7 Å². The van der Waals surface area contributed by atoms with Gasteiger partial charge >= 0.3 is 6.09 Å². The van der Waals surface area contributed by atoms with Crippen molar-refractivity contribution in [3.8, 4) is 0 Å². The number of carbonyl (C=O) groups is 3. The van der Waals surface area contributed by atoms with Gasteiger partial charge in [-0.2, -0.15) is 0 Å². The second-order valence-electron chi connectivity index (χ2n) is 5.62. The Balaban J connectivity index is 1.93. The number of nitrogens with one attached hydrogen (secondary N) is 2. The van der Waals surface area contributed by atoms with Crippen LogP contribution in [-0.2, 0) is 20.9 Å². The van der Waals surface area contributed by atoms with Crippen LogP contribution >= 0.6 is 0 Å². The van der Waals surface area contributed by atoms with Gasteiger partial charge in [-0.25, -0.2) is 4.79 Å². The van der Waals surface area contributed by atoms with E-state index in [0.717, 1.165) is 5.56 Å². The van der Waals surface area contributed by atoms with E-state index >= 15 is 0 Å². The number of hydrogen-bond donors (Lipinski definition) is 3. The SMILES string of the molecule is NC(=O)CCC(NC(=O)OCc1ccccc1)C(=O)Nc1ccccc1. The van der Waals surface area contributed by atoms with Crippen LogP contribution in [0.25, 0.3) is 0 Å². The van der Waals surface area contributed by atoms with E-state index in [1.54, 1.807) is 24.3 Å². The van der Waals surface area contributed by atoms with Crippen molar-refractivity contribution in [3.63, 3.8) is 0 Å². The van der Waals surface area contributed by atoms with Gasteiger partial charge in [0.25, 0.3) is 0 Å². The van der Waals surface area contributed by atoms with Crippen molar-refractivity contribution >= 4 is 23.6 Å². The predicted molar refractivity (Wildman–Crippen MR) is 97.1 cm³/mol. The Bertz CT molecular complexity index is 735. The van der Waals surface area contributed by atoms with Gasteiger partial charge in [0.15, 0.2) is 0 Å². The van der Waals surface area contributed by atoms with Crippen LogP contribution in [0.3, 0.4) is 0 Å². The van der Waals surface area contributed by atoms with Crippen molar-refractivity contribution in [1.82, 2.24) is 5.32 Å². The molecule has 7 heteroatoms. The van der Waals surface area contributed by atoms with E-state index in [2.05, 4.69) is 10.6 Å². The van der Waals surface area contributed by atoms with Gasteiger partial charge in [0, 0.05) is 12.1 Å². The molecule has 0 saturated carbocycles. The zero-order valence-corrected chi connectivity index (χ0v) is 14.2. The Morgan fingerprint density at radius 3 is 2.19 bits per heavy atom. The molecule has 0 heterocycles. The molecule has 0 aliphatic rings. The molecule has 0 bridgehead atoms. The van der Waals surface area contributed by atoms with Crippen molar-refractivity contribution in [2.75, 3.05) is 5.32 Å². The molecule has 0 saturated heterocycles. The average molecular weight is 355 g/mol. The highest BCUT2D eigenvalue weighted by Gasteiger charge is 2.22. The number of anilines is 1. The van der Waals surface area contributed by atoms with Gasteiger partial charge in [0.1, 0.15) is 12.6 Å². The third-order valence-electron chi connectivity index (χ3n) is 3.54. The van der Waals surface area contributed by atoms with E-state index in [9.17, 15) is 14.4 Å². The molecule has 26 heavy (non-hydrogen) atoms. The van der Waals surface area contributed by atoms with Gasteiger partial charge in [-0.1, -0.05) is 48.5 Å². The molecule has 1 unspecified atom stereocenters. The maximum absolute atomic E-state index is 12.4. The van der Waals surface area contributed by atoms with Crippen LogP contribution in [0.4, 0.5) is 10.5 Å². The number of primary amides is 1. The summed E-state index contributed by atoms with van der Waals surface area (Å²) in [4.78, 5) is 35.4. The van der Waals surface area contributed by atoms with Crippen molar-refractivity contribution < 1.29 is 19.1 Å². The molecule has 1 atom stereocenters. The minimum Gasteiger partial charge on any atom is -0.445 e. The number of rotatable bonds is 8. The first-order valence-corrected chi connectivity index (χ1v) is 8.16. The highest BCUT2D eigenvalue weighted by atomic mass is 16.5. The maximum atomic E-state index is 12.4. The van der Waals surface area contributed by atoms with Crippen molar-refractivity contribution in [2.45, 2.75) is 25.5 Å². The number of amides is 3. The fraction of sp³-hybridized carbons (Fsp3) is 0.211. The first-order valence-electron chi connectivity index (χ1n) is 8.16. The second kappa shape index (κ2) is 9.83. The Morgan fingerprint density at radius 1 is 0.962 bits per heavy atom. The number of nitrogens with two attached hydrogens (primary N) is 1. The van der Waals surface area contributed by atoms with E-state index in [4.69, 9.17) is 10.5 Å². The van der Waals surface area contributed by atoms with Gasteiger partial charge in [-0.05, 0) is 24.1 Å². The van der Waals surface area contributed by atoms with Crippen LogP contribution in [0.1, 0.15) is 18.4 Å². The van der Waals surface area contributed by atoms with Gasteiger partial charge in [0.2, 0.25) is 11.8 Å². The maximum Gasteiger partial charge on any atom is 0.408 e. The van der Waals surface area contributed by atoms with Crippen LogP contribution in [-0.4, -0.2) is 23.9 Å². The van der Waals surface area contributed by atoms with Crippen molar-refractivity contribution in [2.24, 2.45) is 5.73 Å². The quantitative estimate of drug-likeness (QED) is 0.674. The van der Waals surface area contributed by atoms with E-state index < -0.39 is 23.9 Å². The lowest BCUT2D eigenvalue weighted by atomic mass is 10.1. The number of ether oxygens (including phenoxy) is 1. The van der Waals surface area contributed by atoms with E-state index in [-0.39, 0.29) is 19.4 Å². The van der Waals surface area contributed by atoms with Gasteiger partial charge < -0.3 is 21.1 Å². The number of hydrogen-bond acceptors (Lipinski definition) is 4. The van der Waals surface area contributed by atoms with Crippen molar-refractivity contribution in [3.05, 3.63) is 66.2 Å². The molecule has 2 rings (SSSR count). The molecule has 7 nitrogen and oxygen atoms in total. The summed E-state index contributed by atoms with van der Waals surface area (Å²) in [5.41, 5.74) is 6.55. The summed E-state index contributed by atoms with van der Waals surface area (Å²) in [6, 6.07) is 17.0. The molecule has 0 aromatic heterocycles. The van der Waals surface area contributed by atoms with E-state index in [1.165, 1.54) is 0 Å². The minimum absolute atomic E-state index is 0.0359. The monoisotopic (exact) mass is 355 g/mol. The zero-order chi connectivity index (χ0) is 18.8. The largest absolute Gasteiger partial charge is 0.445 e. The Morgan fingerprint density at radius 2 is 1.58 bits per heavy atom. The molecule has 0 fully saturated rings. The Kier molecular flexibility index (Phi) is 7.17. The van der Waals surface area contributed by atoms with Crippen LogP contribution in [0, 0.1) is 0 Å². The van der Waals surface area contributed by atoms with Crippen LogP contribution < -0.4 is 16.4 Å². The standard InChI is InChI=1S/C19H21N3O4/c20-17(23)12-11-16(18(24)21-15-9-5-2-6-10-15)22-19(25)26-13-14-7-3-1-4-8-14/h1-10,16H,11-13H2,(H2,20,23)(H,21,24)(H,22,25). The summed E-state index contributed by atoms with van der Waals surface area (Å²) in [7, 11) is 0. The molecule has 0 spiro atoms. The number of carbonyl (C=O) groups excluding carboxylic acids is 3. The summed E-state index contributed by atoms with van der Waals surface area (Å²) >= 11 is 0. The lowest BCUT2D eigenvalue weighted by Gasteiger charge is -2.18. The third-order valence-corrected chi connectivity index (χ3v) is 3.54. The first kappa shape index (κ1) is 19.0. The summed E-state index contributed by atoms with van der Waals surface area (Å²) < 4.78 is 5.12. The molecular formula is C19H21N3O4. The summed E-state index contributed by atoms with van der Waals surface area (Å²) in [5.74, 6) is -1.00. The van der Waals surface area contributed by atoms with Crippen molar-refractivity contribution in [1.29, 1.82) is 0 Å². The van der Waals surface area contributed by atoms with Crippen LogP contribution in [0.2, 0.25) is 0 Å². The lowest BCUT2D eigenvalue weighted by Crippen LogP contribution is -2.44. The Hall–Kier alpha value is -3.35. The lowest BCUT2D eigenvalue weighted by molar-refractivity contribution is -0.119. The van der Waals surface area contributed by atoms with E-state index in [1.807, 2.05) is 36.4 Å². The fourth-order valence-electron chi connectivity index (χ4n) is 2.21. The normalized spacial score (nSPS) is 11.2. The molecule has 0 radical (unpaired) electrons. The van der Waals surface area contributed by atoms with Gasteiger partial charge in [0.05, 0.1) is 0 Å². The smallest absolute Gasteiger partial charge is 0.408 e. The van der Waals surface area contributed by atoms with Gasteiger partial charge in [-0.3, -0.25) is 9.59 Å². The molecular weight excluding hydrogens is 334 g/mol.